The van der Waals surface area contributed by atoms with E-state index in [1.165, 1.54) is 21.1 Å². The van der Waals surface area contributed by atoms with E-state index in [4.69, 9.17) is 29.2 Å². The summed E-state index contributed by atoms with van der Waals surface area (Å²) in [4.78, 5) is 21.5. The van der Waals surface area contributed by atoms with Crippen LogP contribution in [0.5, 0.6) is 0 Å². The van der Waals surface area contributed by atoms with Crippen molar-refractivity contribution >= 4 is 11.9 Å². The van der Waals surface area contributed by atoms with Gasteiger partial charge in [0.15, 0.2) is 6.10 Å². The van der Waals surface area contributed by atoms with Gasteiger partial charge in [-0.3, -0.25) is 0 Å². The Morgan fingerprint density at radius 1 is 1.11 bits per heavy atom. The second kappa shape index (κ2) is 9.68. The number of rotatable bonds is 11. The summed E-state index contributed by atoms with van der Waals surface area (Å²) in [5.74, 6) is -2.36. The van der Waals surface area contributed by atoms with E-state index < -0.39 is 36.9 Å². The van der Waals surface area contributed by atoms with Crippen LogP contribution < -0.4 is 0 Å². The third kappa shape index (κ3) is 7.06. The van der Waals surface area contributed by atoms with Gasteiger partial charge in [0.2, 0.25) is 0 Å². The molecule has 0 aliphatic carbocycles. The van der Waals surface area contributed by atoms with E-state index >= 15 is 0 Å². The Kier molecular flexibility index (Phi) is 9.06. The highest BCUT2D eigenvalue weighted by Crippen LogP contribution is 2.12. The second-order valence-corrected chi connectivity index (χ2v) is 3.73. The van der Waals surface area contributed by atoms with E-state index in [1.54, 1.807) is 0 Å². The van der Waals surface area contributed by atoms with Crippen LogP contribution in [0.4, 0.5) is 0 Å². The second-order valence-electron chi connectivity index (χ2n) is 3.73. The predicted octanol–water partition coefficient (Wildman–Crippen LogP) is -0.393. The van der Waals surface area contributed by atoms with Crippen molar-refractivity contribution in [1.82, 2.24) is 0 Å². The van der Waals surface area contributed by atoms with E-state index in [2.05, 4.69) is 0 Å². The van der Waals surface area contributed by atoms with Crippen LogP contribution in [0.2, 0.25) is 0 Å². The molecule has 0 bridgehead atoms. The van der Waals surface area contributed by atoms with Gasteiger partial charge < -0.3 is 29.2 Å². The lowest BCUT2D eigenvalue weighted by molar-refractivity contribution is -0.174. The lowest BCUT2D eigenvalue weighted by atomic mass is 10.1. The largest absolute Gasteiger partial charge is 0.480 e. The number of carbonyl (C=O) groups is 2. The first kappa shape index (κ1) is 17.8. The van der Waals surface area contributed by atoms with E-state index in [0.29, 0.717) is 0 Å². The number of carboxylic acids is 2. The zero-order chi connectivity index (χ0) is 14.8. The maximum Gasteiger partial charge on any atom is 0.335 e. The molecular weight excluding hydrogens is 260 g/mol. The normalized spacial score (nSPS) is 15.7. The first-order valence-corrected chi connectivity index (χ1v) is 5.63. The molecule has 0 amide bonds. The zero-order valence-electron chi connectivity index (χ0n) is 11.2. The van der Waals surface area contributed by atoms with E-state index in [1.807, 2.05) is 0 Å². The van der Waals surface area contributed by atoms with Crippen LogP contribution in [0.15, 0.2) is 0 Å². The Bertz CT molecular complexity index is 280. The SMILES string of the molecule is COCCOC(C(=O)O)C(OC)C(C)OCC(=O)O. The molecule has 0 radical (unpaired) electrons. The third-order valence-corrected chi connectivity index (χ3v) is 2.33. The summed E-state index contributed by atoms with van der Waals surface area (Å²) < 4.78 is 19.9. The number of hydrogen-bond acceptors (Lipinski definition) is 6. The van der Waals surface area contributed by atoms with Crippen LogP contribution in [0.3, 0.4) is 0 Å². The van der Waals surface area contributed by atoms with Crippen LogP contribution in [-0.4, -0.2) is 74.5 Å². The minimum absolute atomic E-state index is 0.0823. The Hall–Kier alpha value is -1.22. The summed E-state index contributed by atoms with van der Waals surface area (Å²) in [6, 6.07) is 0. The molecule has 112 valence electrons. The number of methoxy groups -OCH3 is 2. The monoisotopic (exact) mass is 280 g/mol. The van der Waals surface area contributed by atoms with Gasteiger partial charge in [0, 0.05) is 14.2 Å². The number of hydrogen-bond donors (Lipinski definition) is 2. The average molecular weight is 280 g/mol. The van der Waals surface area contributed by atoms with E-state index in [9.17, 15) is 9.59 Å². The van der Waals surface area contributed by atoms with Crippen molar-refractivity contribution in [3.05, 3.63) is 0 Å². The lowest BCUT2D eigenvalue weighted by Crippen LogP contribution is -2.46. The third-order valence-electron chi connectivity index (χ3n) is 2.33. The van der Waals surface area contributed by atoms with Crippen molar-refractivity contribution < 1.29 is 38.7 Å². The number of aliphatic carboxylic acids is 2. The summed E-state index contributed by atoms with van der Waals surface area (Å²) >= 11 is 0. The molecule has 0 rings (SSSR count). The fraction of sp³-hybridized carbons (Fsp3) is 0.818. The van der Waals surface area contributed by atoms with Crippen molar-refractivity contribution in [2.75, 3.05) is 34.0 Å². The molecule has 8 heteroatoms. The average Bonchev–Trinajstić information content (AvgIpc) is 2.35. The first-order chi connectivity index (χ1) is 8.93. The van der Waals surface area contributed by atoms with Gasteiger partial charge in [0.1, 0.15) is 12.7 Å². The molecule has 2 N–H and O–H groups in total. The molecule has 0 aliphatic heterocycles. The molecule has 0 aromatic heterocycles. The van der Waals surface area contributed by atoms with Gasteiger partial charge in [0.25, 0.3) is 0 Å². The highest BCUT2D eigenvalue weighted by molar-refractivity contribution is 5.73. The molecule has 0 aliphatic rings. The Labute approximate surface area is 111 Å². The Morgan fingerprint density at radius 3 is 2.16 bits per heavy atom. The highest BCUT2D eigenvalue weighted by Gasteiger charge is 2.34. The van der Waals surface area contributed by atoms with Crippen LogP contribution in [0, 0.1) is 0 Å². The fourth-order valence-electron chi connectivity index (χ4n) is 1.42. The van der Waals surface area contributed by atoms with Gasteiger partial charge in [0.05, 0.1) is 19.3 Å². The van der Waals surface area contributed by atoms with Crippen LogP contribution in [-0.2, 0) is 28.5 Å². The summed E-state index contributed by atoms with van der Waals surface area (Å²) in [6.07, 6.45) is -2.93. The minimum Gasteiger partial charge on any atom is -0.480 e. The van der Waals surface area contributed by atoms with Crippen LogP contribution in [0.1, 0.15) is 6.92 Å². The predicted molar refractivity (Wildman–Crippen MR) is 63.1 cm³/mol. The van der Waals surface area contributed by atoms with Gasteiger partial charge in [-0.05, 0) is 6.92 Å². The number of carboxylic acid groups (broad SMARTS) is 2. The minimum atomic E-state index is -1.26. The molecule has 0 aromatic rings. The summed E-state index contributed by atoms with van der Waals surface area (Å²) in [5.41, 5.74) is 0. The van der Waals surface area contributed by atoms with Gasteiger partial charge >= 0.3 is 11.9 Å². The molecule has 19 heavy (non-hydrogen) atoms. The molecular formula is C11H20O8. The van der Waals surface area contributed by atoms with Gasteiger partial charge in [-0.1, -0.05) is 0 Å². The van der Waals surface area contributed by atoms with Gasteiger partial charge in [-0.15, -0.1) is 0 Å². The molecule has 0 aromatic carbocycles. The van der Waals surface area contributed by atoms with Crippen molar-refractivity contribution in [2.24, 2.45) is 0 Å². The lowest BCUT2D eigenvalue weighted by Gasteiger charge is -2.27. The van der Waals surface area contributed by atoms with Crippen molar-refractivity contribution in [2.45, 2.75) is 25.2 Å². The number of ether oxygens (including phenoxy) is 4. The van der Waals surface area contributed by atoms with E-state index in [0.717, 1.165) is 0 Å². The van der Waals surface area contributed by atoms with Crippen molar-refractivity contribution in [3.8, 4) is 0 Å². The Morgan fingerprint density at radius 2 is 1.74 bits per heavy atom. The summed E-state index contributed by atoms with van der Waals surface area (Å²) in [6.45, 7) is 1.31. The topological polar surface area (TPSA) is 112 Å². The van der Waals surface area contributed by atoms with Gasteiger partial charge in [-0.25, -0.2) is 9.59 Å². The van der Waals surface area contributed by atoms with Crippen molar-refractivity contribution in [3.63, 3.8) is 0 Å². The van der Waals surface area contributed by atoms with Crippen molar-refractivity contribution in [1.29, 1.82) is 0 Å². The quantitative estimate of drug-likeness (QED) is 0.492. The standard InChI is InChI=1S/C11H20O8/c1-7(19-6-8(12)13)9(17-3)10(11(14)15)18-5-4-16-2/h7,9-10H,4-6H2,1-3H3,(H,12,13)(H,14,15). The molecule has 0 saturated carbocycles. The highest BCUT2D eigenvalue weighted by atomic mass is 16.6. The molecule has 0 saturated heterocycles. The smallest absolute Gasteiger partial charge is 0.335 e. The maximum atomic E-state index is 11.1. The summed E-state index contributed by atoms with van der Waals surface area (Å²) in [7, 11) is 2.77. The van der Waals surface area contributed by atoms with Gasteiger partial charge in [-0.2, -0.15) is 0 Å². The molecule has 0 heterocycles. The van der Waals surface area contributed by atoms with E-state index in [-0.39, 0.29) is 13.2 Å². The van der Waals surface area contributed by atoms with Crippen LogP contribution >= 0.6 is 0 Å². The zero-order valence-corrected chi connectivity index (χ0v) is 11.2. The first-order valence-electron chi connectivity index (χ1n) is 5.63. The molecule has 3 atom stereocenters. The molecule has 8 nitrogen and oxygen atoms in total. The van der Waals surface area contributed by atoms with Crippen LogP contribution in [0.25, 0.3) is 0 Å². The summed E-state index contributed by atoms with van der Waals surface area (Å²) in [5, 5.41) is 17.6. The fourth-order valence-corrected chi connectivity index (χ4v) is 1.42. The molecule has 0 spiro atoms. The Balaban J connectivity index is 4.54. The molecule has 0 fully saturated rings. The maximum absolute atomic E-state index is 11.1. The molecule has 3 unspecified atom stereocenters.